The van der Waals surface area contributed by atoms with E-state index >= 15 is 0 Å². The van der Waals surface area contributed by atoms with Gasteiger partial charge in [-0.2, -0.15) is 0 Å². The van der Waals surface area contributed by atoms with Gasteiger partial charge in [-0.3, -0.25) is 9.59 Å². The van der Waals surface area contributed by atoms with Crippen LogP contribution in [-0.2, 0) is 16.0 Å². The van der Waals surface area contributed by atoms with Crippen molar-refractivity contribution in [3.63, 3.8) is 0 Å². The monoisotopic (exact) mass is 565 g/mol. The lowest BCUT2D eigenvalue weighted by Crippen LogP contribution is -2.52. The summed E-state index contributed by atoms with van der Waals surface area (Å²) in [7, 11) is 0. The third-order valence-electron chi connectivity index (χ3n) is 9.38. The van der Waals surface area contributed by atoms with Gasteiger partial charge in [0, 0.05) is 25.2 Å². The summed E-state index contributed by atoms with van der Waals surface area (Å²) in [4.78, 5) is 29.7. The minimum Gasteiger partial charge on any atom is -0.484 e. The molecule has 2 heterocycles. The van der Waals surface area contributed by atoms with Gasteiger partial charge in [-0.05, 0) is 91.6 Å². The average molecular weight is 566 g/mol. The van der Waals surface area contributed by atoms with E-state index in [0.29, 0.717) is 18.3 Å². The average Bonchev–Trinajstić information content (AvgIpc) is 2.99. The van der Waals surface area contributed by atoms with Crippen LogP contribution in [0.4, 0.5) is 17.1 Å². The molecular formula is C36H43N3O3. The fourth-order valence-electron chi connectivity index (χ4n) is 7.21. The molecule has 220 valence electrons. The Bertz CT molecular complexity index is 1410. The minimum atomic E-state index is -0.137. The summed E-state index contributed by atoms with van der Waals surface area (Å²) in [5.74, 6) is 1.29. The molecular weight excluding hydrogens is 522 g/mol. The Morgan fingerprint density at radius 1 is 0.857 bits per heavy atom. The number of hydrogen-bond acceptors (Lipinski definition) is 4. The normalized spacial score (nSPS) is 20.9. The van der Waals surface area contributed by atoms with Crippen LogP contribution in [0.15, 0.2) is 66.7 Å². The minimum absolute atomic E-state index is 0.0252. The molecule has 2 unspecified atom stereocenters. The van der Waals surface area contributed by atoms with Gasteiger partial charge in [0.05, 0.1) is 17.4 Å². The van der Waals surface area contributed by atoms with Crippen molar-refractivity contribution in [1.82, 2.24) is 0 Å². The maximum absolute atomic E-state index is 13.5. The number of anilines is 3. The molecule has 6 heteroatoms. The summed E-state index contributed by atoms with van der Waals surface area (Å²) in [5.41, 5.74) is 6.31. The molecule has 3 aromatic rings. The second-order valence-corrected chi connectivity index (χ2v) is 12.3. The van der Waals surface area contributed by atoms with Crippen molar-refractivity contribution in [1.29, 1.82) is 0 Å². The van der Waals surface area contributed by atoms with Crippen molar-refractivity contribution < 1.29 is 14.3 Å². The number of fused-ring (bicyclic) bond motifs is 2. The van der Waals surface area contributed by atoms with Crippen molar-refractivity contribution in [3.8, 4) is 16.9 Å². The molecule has 0 spiro atoms. The van der Waals surface area contributed by atoms with E-state index in [-0.39, 0.29) is 24.5 Å². The molecule has 42 heavy (non-hydrogen) atoms. The first kappa shape index (κ1) is 28.3. The SMILES string of the molecule is CC(=O)N1c2ccc(-c3ccc4c(c3)CCC(C3CCCCCCC3)N4)cc2N(C(=O)COc2ccccc2)CC1C. The van der Waals surface area contributed by atoms with Crippen molar-refractivity contribution in [2.75, 3.05) is 28.3 Å². The molecule has 0 saturated heterocycles. The molecule has 0 bridgehead atoms. The third kappa shape index (κ3) is 6.04. The van der Waals surface area contributed by atoms with Gasteiger partial charge in [0.1, 0.15) is 5.75 Å². The fourth-order valence-corrected chi connectivity index (χ4v) is 7.21. The maximum atomic E-state index is 13.5. The largest absolute Gasteiger partial charge is 0.484 e. The van der Waals surface area contributed by atoms with Gasteiger partial charge >= 0.3 is 0 Å². The Morgan fingerprint density at radius 3 is 2.33 bits per heavy atom. The van der Waals surface area contributed by atoms with Gasteiger partial charge < -0.3 is 19.9 Å². The zero-order chi connectivity index (χ0) is 29.1. The molecule has 2 amide bonds. The first-order valence-electron chi connectivity index (χ1n) is 15.8. The Kier molecular flexibility index (Phi) is 8.50. The lowest BCUT2D eigenvalue weighted by molar-refractivity contribution is -0.121. The number of amides is 2. The molecule has 0 radical (unpaired) electrons. The van der Waals surface area contributed by atoms with E-state index in [0.717, 1.165) is 34.8 Å². The van der Waals surface area contributed by atoms with Gasteiger partial charge in [-0.1, -0.05) is 62.4 Å². The number of benzene rings is 3. The number of para-hydroxylation sites is 1. The summed E-state index contributed by atoms with van der Waals surface area (Å²) in [6.07, 6.45) is 11.9. The van der Waals surface area contributed by atoms with Crippen LogP contribution in [0.2, 0.25) is 0 Å². The second-order valence-electron chi connectivity index (χ2n) is 12.3. The van der Waals surface area contributed by atoms with E-state index in [1.165, 1.54) is 62.6 Å². The van der Waals surface area contributed by atoms with Crippen LogP contribution in [-0.4, -0.2) is 37.0 Å². The molecule has 3 aliphatic rings. The maximum Gasteiger partial charge on any atom is 0.265 e. The van der Waals surface area contributed by atoms with E-state index in [2.05, 4.69) is 35.6 Å². The zero-order valence-electron chi connectivity index (χ0n) is 25.0. The van der Waals surface area contributed by atoms with Crippen molar-refractivity contribution in [2.45, 2.75) is 83.7 Å². The van der Waals surface area contributed by atoms with Crippen LogP contribution in [0.1, 0.15) is 70.8 Å². The molecule has 6 nitrogen and oxygen atoms in total. The summed E-state index contributed by atoms with van der Waals surface area (Å²) in [6, 6.07) is 22.7. The molecule has 1 aliphatic carbocycles. The summed E-state index contributed by atoms with van der Waals surface area (Å²) < 4.78 is 5.81. The lowest BCUT2D eigenvalue weighted by Gasteiger charge is -2.41. The Balaban J connectivity index is 1.24. The van der Waals surface area contributed by atoms with Crippen LogP contribution < -0.4 is 19.9 Å². The zero-order valence-corrected chi connectivity index (χ0v) is 25.0. The highest BCUT2D eigenvalue weighted by molar-refractivity contribution is 6.05. The first-order chi connectivity index (χ1) is 20.5. The third-order valence-corrected chi connectivity index (χ3v) is 9.38. The smallest absolute Gasteiger partial charge is 0.265 e. The molecule has 6 rings (SSSR count). The second kappa shape index (κ2) is 12.6. The number of hydrogen-bond donors (Lipinski definition) is 1. The molecule has 2 atom stereocenters. The number of aryl methyl sites for hydroxylation is 1. The molecule has 3 aromatic carbocycles. The molecule has 1 fully saturated rings. The highest BCUT2D eigenvalue weighted by atomic mass is 16.5. The van der Waals surface area contributed by atoms with Crippen molar-refractivity contribution in [3.05, 3.63) is 72.3 Å². The van der Waals surface area contributed by atoms with Gasteiger partial charge in [0.15, 0.2) is 6.61 Å². The van der Waals surface area contributed by atoms with E-state index in [9.17, 15) is 9.59 Å². The number of rotatable bonds is 5. The highest BCUT2D eigenvalue weighted by Gasteiger charge is 2.34. The number of carbonyl (C=O) groups excluding carboxylic acids is 2. The van der Waals surface area contributed by atoms with Crippen molar-refractivity contribution in [2.24, 2.45) is 5.92 Å². The molecule has 1 saturated carbocycles. The van der Waals surface area contributed by atoms with Crippen LogP contribution in [0, 0.1) is 5.92 Å². The van der Waals surface area contributed by atoms with E-state index in [1.807, 2.05) is 43.3 Å². The summed E-state index contributed by atoms with van der Waals surface area (Å²) >= 11 is 0. The van der Waals surface area contributed by atoms with Crippen LogP contribution >= 0.6 is 0 Å². The van der Waals surface area contributed by atoms with Gasteiger partial charge in [-0.15, -0.1) is 0 Å². The molecule has 0 aromatic heterocycles. The topological polar surface area (TPSA) is 61.9 Å². The summed E-state index contributed by atoms with van der Waals surface area (Å²) in [5, 5.41) is 3.91. The number of carbonyl (C=O) groups is 2. The van der Waals surface area contributed by atoms with E-state index < -0.39 is 0 Å². The quantitative estimate of drug-likeness (QED) is 0.346. The van der Waals surface area contributed by atoms with Gasteiger partial charge in [0.25, 0.3) is 5.91 Å². The van der Waals surface area contributed by atoms with Crippen molar-refractivity contribution >= 4 is 28.9 Å². The Labute approximate surface area is 250 Å². The lowest BCUT2D eigenvalue weighted by atomic mass is 9.81. The van der Waals surface area contributed by atoms with Crippen LogP contribution in [0.25, 0.3) is 11.1 Å². The molecule has 1 N–H and O–H groups in total. The predicted octanol–water partition coefficient (Wildman–Crippen LogP) is 7.61. The molecule has 2 aliphatic heterocycles. The van der Waals surface area contributed by atoms with E-state index in [1.54, 1.807) is 16.7 Å². The van der Waals surface area contributed by atoms with E-state index in [4.69, 9.17) is 4.74 Å². The summed E-state index contributed by atoms with van der Waals surface area (Å²) in [6.45, 7) is 3.93. The van der Waals surface area contributed by atoms with Crippen LogP contribution in [0.3, 0.4) is 0 Å². The number of nitrogens with one attached hydrogen (secondary N) is 1. The number of nitrogens with zero attached hydrogens (tertiary/aromatic N) is 2. The van der Waals surface area contributed by atoms with Crippen LogP contribution in [0.5, 0.6) is 5.75 Å². The predicted molar refractivity (Wildman–Crippen MR) is 170 cm³/mol. The van der Waals surface area contributed by atoms with Gasteiger partial charge in [-0.25, -0.2) is 0 Å². The number of ether oxygens (including phenoxy) is 1. The van der Waals surface area contributed by atoms with Gasteiger partial charge in [0.2, 0.25) is 5.91 Å². The fraction of sp³-hybridized carbons (Fsp3) is 0.444. The highest BCUT2D eigenvalue weighted by Crippen LogP contribution is 2.41. The first-order valence-corrected chi connectivity index (χ1v) is 15.8. The Hall–Kier alpha value is -3.80. The Morgan fingerprint density at radius 2 is 1.57 bits per heavy atom. The standard InChI is InChI=1S/C36H43N3O3/c1-25-23-38(36(41)24-42-31-13-9-6-10-14-31)35-22-29(17-20-34(35)39(25)26(2)40)28-15-18-33-30(21-28)16-19-32(37-33)27-11-7-4-3-5-8-12-27/h6,9-10,13-15,17-18,20-22,25,27,32,37H,3-5,7-8,11-12,16,19,23-24H2,1-2H3.